The molecule has 0 fully saturated rings. The van der Waals surface area contributed by atoms with Gasteiger partial charge in [-0.2, -0.15) is 0 Å². The van der Waals surface area contributed by atoms with Gasteiger partial charge in [-0.15, -0.1) is 0 Å². The minimum Gasteiger partial charge on any atom is -0.339 e. The van der Waals surface area contributed by atoms with Crippen LogP contribution in [0.2, 0.25) is 0 Å². The molecule has 0 saturated carbocycles. The van der Waals surface area contributed by atoms with E-state index in [9.17, 15) is 9.00 Å². The number of halogens is 1. The highest BCUT2D eigenvalue weighted by Crippen LogP contribution is 2.17. The van der Waals surface area contributed by atoms with Gasteiger partial charge in [0.15, 0.2) is 0 Å². The molecule has 0 amide bonds. The van der Waals surface area contributed by atoms with E-state index in [1.165, 1.54) is 12.5 Å². The Hall–Kier alpha value is -0.680. The van der Waals surface area contributed by atoms with Crippen LogP contribution in [-0.2, 0) is 21.0 Å². The molecule has 4 nitrogen and oxygen atoms in total. The summed E-state index contributed by atoms with van der Waals surface area (Å²) in [4.78, 5) is 13.9. The highest BCUT2D eigenvalue weighted by atomic mass is 35.7. The summed E-state index contributed by atoms with van der Waals surface area (Å²) in [5, 5.41) is 0.136. The van der Waals surface area contributed by atoms with E-state index in [0.717, 1.165) is 0 Å². The quantitative estimate of drug-likeness (QED) is 0.414. The average Bonchev–Trinajstić information content (AvgIpc) is 2.36. The van der Waals surface area contributed by atoms with E-state index in [2.05, 4.69) is 4.98 Å². The molecule has 6 heteroatoms. The Morgan fingerprint density at radius 3 is 2.82 bits per heavy atom. The molecule has 0 N–H and O–H groups in total. The van der Waals surface area contributed by atoms with Crippen molar-refractivity contribution in [2.45, 2.75) is 5.03 Å². The Morgan fingerprint density at radius 2 is 2.45 bits per heavy atom. The number of carbonyl (C=O) groups is 1. The van der Waals surface area contributed by atoms with Gasteiger partial charge in [0.25, 0.3) is 0 Å². The SMILES string of the molecule is Cn1cnc([SH](=O)(Cl)C=O)c1. The van der Waals surface area contributed by atoms with Crippen molar-refractivity contribution < 1.29 is 9.00 Å². The molecule has 0 unspecified atom stereocenters. The van der Waals surface area contributed by atoms with Gasteiger partial charge in [-0.25, -0.2) is 4.98 Å². The van der Waals surface area contributed by atoms with Gasteiger partial charge in [0.05, 0.1) is 15.5 Å². The first kappa shape index (κ1) is 8.42. The molecule has 0 bridgehead atoms. The second-order valence-electron chi connectivity index (χ2n) is 2.08. The van der Waals surface area contributed by atoms with Crippen LogP contribution in [0.25, 0.3) is 0 Å². The maximum Gasteiger partial charge on any atom is 0.200 e. The lowest BCUT2D eigenvalue weighted by Crippen LogP contribution is -2.04. The van der Waals surface area contributed by atoms with Crippen LogP contribution in [0.3, 0.4) is 0 Å². The van der Waals surface area contributed by atoms with Crippen LogP contribution in [-0.4, -0.2) is 19.4 Å². The molecular formula is C5H7ClN2O2S. The number of thiol groups is 1. The lowest BCUT2D eigenvalue weighted by atomic mass is 10.9. The van der Waals surface area contributed by atoms with E-state index in [1.54, 1.807) is 11.6 Å². The summed E-state index contributed by atoms with van der Waals surface area (Å²) in [7, 11) is 3.73. The summed E-state index contributed by atoms with van der Waals surface area (Å²) in [6.07, 6.45) is 2.90. The molecule has 0 aliphatic rings. The zero-order valence-electron chi connectivity index (χ0n) is 5.77. The fourth-order valence-corrected chi connectivity index (χ4v) is 1.53. The minimum atomic E-state index is -3.35. The predicted molar refractivity (Wildman–Crippen MR) is 43.6 cm³/mol. The Morgan fingerprint density at radius 1 is 1.82 bits per heavy atom. The number of aromatic nitrogens is 2. The monoisotopic (exact) mass is 194 g/mol. The van der Waals surface area contributed by atoms with Gasteiger partial charge >= 0.3 is 0 Å². The molecule has 62 valence electrons. The molecule has 0 saturated heterocycles. The van der Waals surface area contributed by atoms with Crippen LogP contribution >= 0.6 is 10.7 Å². The zero-order valence-corrected chi connectivity index (χ0v) is 7.42. The topological polar surface area (TPSA) is 52.0 Å². The molecular weight excluding hydrogens is 188 g/mol. The fourth-order valence-electron chi connectivity index (χ4n) is 0.610. The highest BCUT2D eigenvalue weighted by Gasteiger charge is 2.14. The third-order valence-corrected chi connectivity index (χ3v) is 3.02. The summed E-state index contributed by atoms with van der Waals surface area (Å²) < 4.78 is 12.7. The molecule has 0 aliphatic carbocycles. The lowest BCUT2D eigenvalue weighted by Gasteiger charge is -2.01. The van der Waals surface area contributed by atoms with Gasteiger partial charge in [-0.1, -0.05) is 0 Å². The number of nitrogens with zero attached hydrogens (tertiary/aromatic N) is 2. The Labute approximate surface area is 69.1 Å². The van der Waals surface area contributed by atoms with E-state index in [-0.39, 0.29) is 10.6 Å². The molecule has 1 aromatic rings. The minimum absolute atomic E-state index is 0.136. The lowest BCUT2D eigenvalue weighted by molar-refractivity contribution is 0.566. The second-order valence-corrected chi connectivity index (χ2v) is 5.41. The van der Waals surface area contributed by atoms with Gasteiger partial charge in [0.2, 0.25) is 5.62 Å². The average molecular weight is 195 g/mol. The van der Waals surface area contributed by atoms with E-state index in [0.29, 0.717) is 0 Å². The maximum absolute atomic E-state index is 11.1. The summed E-state index contributed by atoms with van der Waals surface area (Å²) in [5.74, 6) is 0. The number of hydrogen-bond donors (Lipinski definition) is 1. The zero-order chi connectivity index (χ0) is 8.48. The third-order valence-electron chi connectivity index (χ3n) is 1.14. The summed E-state index contributed by atoms with van der Waals surface area (Å²) >= 11 is 0. The first-order chi connectivity index (χ1) is 5.06. The van der Waals surface area contributed by atoms with Crippen LogP contribution in [0.4, 0.5) is 0 Å². The molecule has 1 rings (SSSR count). The number of imidazole rings is 1. The molecule has 0 aromatic carbocycles. The van der Waals surface area contributed by atoms with Gasteiger partial charge in [0.1, 0.15) is 5.03 Å². The standard InChI is InChI=1S/C5H7ClN2O2S/c1-8-2-5(7-3-8)11(6,10)4-9/h2-4,11H,1H3. The molecule has 1 heterocycles. The number of carbonyl (C=O) groups excluding carboxylic acids is 1. The smallest absolute Gasteiger partial charge is 0.200 e. The Kier molecular flexibility index (Phi) is 2.10. The number of aryl methyl sites for hydroxylation is 1. The van der Waals surface area contributed by atoms with Crippen LogP contribution in [0.15, 0.2) is 17.6 Å². The van der Waals surface area contributed by atoms with Crippen molar-refractivity contribution >= 4 is 25.4 Å². The van der Waals surface area contributed by atoms with Crippen molar-refractivity contribution in [1.29, 1.82) is 0 Å². The Bertz CT molecular complexity index is 322. The van der Waals surface area contributed by atoms with Crippen molar-refractivity contribution in [3.05, 3.63) is 12.5 Å². The van der Waals surface area contributed by atoms with Crippen LogP contribution in [0.1, 0.15) is 0 Å². The molecule has 11 heavy (non-hydrogen) atoms. The van der Waals surface area contributed by atoms with Crippen molar-refractivity contribution in [3.8, 4) is 0 Å². The Balaban J connectivity index is 3.11. The van der Waals surface area contributed by atoms with Crippen LogP contribution in [0, 0.1) is 0 Å². The molecule has 0 spiro atoms. The second kappa shape index (κ2) is 2.75. The van der Waals surface area contributed by atoms with Crippen molar-refractivity contribution in [3.63, 3.8) is 0 Å². The fraction of sp³-hybridized carbons (Fsp3) is 0.200. The molecule has 0 atom stereocenters. The highest BCUT2D eigenvalue weighted by molar-refractivity contribution is 8.33. The van der Waals surface area contributed by atoms with E-state index in [1.807, 2.05) is 0 Å². The van der Waals surface area contributed by atoms with E-state index >= 15 is 0 Å². The van der Waals surface area contributed by atoms with E-state index < -0.39 is 9.15 Å². The van der Waals surface area contributed by atoms with Crippen molar-refractivity contribution in [2.75, 3.05) is 0 Å². The number of hydrogen-bond acceptors (Lipinski definition) is 3. The number of rotatable bonds is 2. The molecule has 0 radical (unpaired) electrons. The van der Waals surface area contributed by atoms with Gasteiger partial charge in [0, 0.05) is 13.2 Å². The third kappa shape index (κ3) is 1.66. The summed E-state index contributed by atoms with van der Waals surface area (Å²) in [5.41, 5.74) is 0.233. The first-order valence-corrected chi connectivity index (χ1v) is 5.48. The first-order valence-electron chi connectivity index (χ1n) is 2.80. The van der Waals surface area contributed by atoms with Gasteiger partial charge in [-0.05, 0) is 10.7 Å². The molecule has 0 aliphatic heterocycles. The largest absolute Gasteiger partial charge is 0.339 e. The van der Waals surface area contributed by atoms with Crippen molar-refractivity contribution in [2.24, 2.45) is 7.05 Å². The normalized spacial score (nSPS) is 12.9. The van der Waals surface area contributed by atoms with Gasteiger partial charge in [-0.3, -0.25) is 9.00 Å². The van der Waals surface area contributed by atoms with Crippen LogP contribution in [0.5, 0.6) is 0 Å². The molecule has 1 aromatic heterocycles. The van der Waals surface area contributed by atoms with Crippen molar-refractivity contribution in [1.82, 2.24) is 9.55 Å². The van der Waals surface area contributed by atoms with Gasteiger partial charge < -0.3 is 4.57 Å². The summed E-state index contributed by atoms with van der Waals surface area (Å²) in [6, 6.07) is 0. The summed E-state index contributed by atoms with van der Waals surface area (Å²) in [6.45, 7) is 0. The predicted octanol–water partition coefficient (Wildman–Crippen LogP) is 0.140. The maximum atomic E-state index is 11.1. The van der Waals surface area contributed by atoms with Crippen LogP contribution < -0.4 is 0 Å². The van der Waals surface area contributed by atoms with E-state index in [4.69, 9.17) is 10.7 Å².